The molecule has 1 aliphatic heterocycles. The van der Waals surface area contributed by atoms with Crippen molar-refractivity contribution in [2.45, 2.75) is 32.5 Å². The summed E-state index contributed by atoms with van der Waals surface area (Å²) in [6.07, 6.45) is 5.46. The molecule has 1 amide bonds. The van der Waals surface area contributed by atoms with Crippen LogP contribution in [0.15, 0.2) is 79.3 Å². The Morgan fingerprint density at radius 2 is 1.84 bits per heavy atom. The summed E-state index contributed by atoms with van der Waals surface area (Å²) in [5, 5.41) is 7.00. The van der Waals surface area contributed by atoms with Crippen LogP contribution in [0, 0.1) is 13.8 Å². The van der Waals surface area contributed by atoms with Gasteiger partial charge in [-0.05, 0) is 91.8 Å². The van der Waals surface area contributed by atoms with Gasteiger partial charge in [-0.3, -0.25) is 14.8 Å². The fraction of sp³-hybridized carbons (Fsp3) is 0.241. The van der Waals surface area contributed by atoms with Crippen molar-refractivity contribution in [2.24, 2.45) is 0 Å². The number of aromatic nitrogens is 3. The molecule has 1 aromatic carbocycles. The maximum absolute atomic E-state index is 12.0. The molecule has 5 rings (SSSR count). The highest BCUT2D eigenvalue weighted by molar-refractivity contribution is 7.80. The fourth-order valence-electron chi connectivity index (χ4n) is 5.02. The van der Waals surface area contributed by atoms with E-state index in [0.717, 1.165) is 17.9 Å². The third kappa shape index (κ3) is 5.16. The highest BCUT2D eigenvalue weighted by Crippen LogP contribution is 2.43. The summed E-state index contributed by atoms with van der Waals surface area (Å²) in [7, 11) is 1.50. The van der Waals surface area contributed by atoms with E-state index in [0.29, 0.717) is 10.8 Å². The van der Waals surface area contributed by atoms with Crippen molar-refractivity contribution in [3.05, 3.63) is 107 Å². The van der Waals surface area contributed by atoms with Crippen LogP contribution in [0.5, 0.6) is 0 Å². The highest BCUT2D eigenvalue weighted by atomic mass is 32.1. The quantitative estimate of drug-likeness (QED) is 0.322. The number of anilines is 2. The summed E-state index contributed by atoms with van der Waals surface area (Å²) < 4.78 is 7.24. The van der Waals surface area contributed by atoms with Crippen LogP contribution in [0.25, 0.3) is 0 Å². The van der Waals surface area contributed by atoms with Crippen molar-refractivity contribution in [1.82, 2.24) is 19.9 Å². The van der Waals surface area contributed by atoms with E-state index in [1.807, 2.05) is 73.2 Å². The maximum atomic E-state index is 12.0. The van der Waals surface area contributed by atoms with E-state index >= 15 is 0 Å². The molecule has 0 aliphatic carbocycles. The number of amides is 1. The number of carbonyl (C=O) groups excluding carboxylic acids is 1. The molecule has 1 saturated heterocycles. The smallest absolute Gasteiger partial charge is 0.250 e. The Labute approximate surface area is 227 Å². The number of pyridine rings is 2. The largest absolute Gasteiger partial charge is 0.375 e. The molecule has 194 valence electrons. The first kappa shape index (κ1) is 25.6. The van der Waals surface area contributed by atoms with E-state index in [9.17, 15) is 4.79 Å². The topological polar surface area (TPSA) is 84.3 Å². The normalized spacial score (nSPS) is 16.9. The first-order chi connectivity index (χ1) is 18.5. The number of aryl methyl sites for hydroxylation is 1. The van der Waals surface area contributed by atoms with Crippen molar-refractivity contribution < 1.29 is 9.53 Å². The lowest BCUT2D eigenvalue weighted by Gasteiger charge is -2.28. The Morgan fingerprint density at radius 1 is 1.08 bits per heavy atom. The predicted octanol–water partition coefficient (Wildman–Crippen LogP) is 4.71. The molecule has 38 heavy (non-hydrogen) atoms. The third-order valence-corrected chi connectivity index (χ3v) is 7.14. The van der Waals surface area contributed by atoms with E-state index in [-0.39, 0.29) is 24.6 Å². The third-order valence-electron chi connectivity index (χ3n) is 6.82. The fourth-order valence-corrected chi connectivity index (χ4v) is 5.37. The molecule has 0 spiro atoms. The van der Waals surface area contributed by atoms with Crippen molar-refractivity contribution in [3.8, 4) is 0 Å². The van der Waals surface area contributed by atoms with Gasteiger partial charge in [0.25, 0.3) is 0 Å². The Bertz CT molecular complexity index is 1420. The van der Waals surface area contributed by atoms with E-state index in [4.69, 9.17) is 17.0 Å². The molecule has 0 saturated carbocycles. The van der Waals surface area contributed by atoms with Crippen molar-refractivity contribution in [3.63, 3.8) is 0 Å². The number of nitrogens with zero attached hydrogens (tertiary/aromatic N) is 4. The molecule has 0 unspecified atom stereocenters. The number of thiocarbonyl (C=S) groups is 1. The number of ether oxygens (including phenoxy) is 1. The molecule has 4 heterocycles. The molecule has 9 heteroatoms. The zero-order chi connectivity index (χ0) is 26.6. The van der Waals surface area contributed by atoms with Crippen LogP contribution in [0.1, 0.15) is 40.3 Å². The van der Waals surface area contributed by atoms with Gasteiger partial charge in [0.05, 0.1) is 17.8 Å². The zero-order valence-corrected chi connectivity index (χ0v) is 22.4. The van der Waals surface area contributed by atoms with E-state index in [1.165, 1.54) is 29.6 Å². The second-order valence-electron chi connectivity index (χ2n) is 9.29. The number of hydrogen-bond donors (Lipinski definition) is 2. The maximum Gasteiger partial charge on any atom is 0.250 e. The average Bonchev–Trinajstić information content (AvgIpc) is 3.41. The molecule has 0 bridgehead atoms. The van der Waals surface area contributed by atoms with Crippen LogP contribution in [0.2, 0.25) is 0 Å². The molecular weight excluding hydrogens is 496 g/mol. The molecule has 3 aromatic heterocycles. The van der Waals surface area contributed by atoms with Crippen molar-refractivity contribution in [1.29, 1.82) is 0 Å². The second-order valence-corrected chi connectivity index (χ2v) is 9.68. The number of carbonyl (C=O) groups is 1. The van der Waals surface area contributed by atoms with E-state index < -0.39 is 0 Å². The standard InChI is InChI=1S/C29H30N6O2S/c1-19-16-24(20(2)34(19)17-21-11-14-30-15-12-21)28-27(25-6-4-5-13-31-25)33-29(38)35(28)23-9-7-22(8-10-23)32-26(36)18-37-3/h4-16,27-28H,17-18H2,1-3H3,(H,32,36)(H,33,38)/t27-,28-/m1/s1. The van der Waals surface area contributed by atoms with Crippen LogP contribution in [0.4, 0.5) is 11.4 Å². The molecule has 1 fully saturated rings. The van der Waals surface area contributed by atoms with E-state index in [1.54, 1.807) is 0 Å². The summed E-state index contributed by atoms with van der Waals surface area (Å²) >= 11 is 5.89. The average molecular weight is 527 g/mol. The van der Waals surface area contributed by atoms with Gasteiger partial charge in [-0.1, -0.05) is 6.07 Å². The lowest BCUT2D eigenvalue weighted by molar-refractivity contribution is -0.119. The van der Waals surface area contributed by atoms with Gasteiger partial charge in [0.15, 0.2) is 5.11 Å². The number of methoxy groups -OCH3 is 1. The Morgan fingerprint density at radius 3 is 2.53 bits per heavy atom. The monoisotopic (exact) mass is 526 g/mol. The summed E-state index contributed by atoms with van der Waals surface area (Å²) in [5.41, 5.74) is 7.25. The Hall–Kier alpha value is -4.08. The Kier molecular flexibility index (Phi) is 7.48. The minimum Gasteiger partial charge on any atom is -0.375 e. The number of hydrogen-bond acceptors (Lipinski definition) is 5. The molecule has 1 aliphatic rings. The lowest BCUT2D eigenvalue weighted by Crippen LogP contribution is -2.29. The number of benzene rings is 1. The van der Waals surface area contributed by atoms with Crippen LogP contribution in [-0.4, -0.2) is 39.3 Å². The minimum atomic E-state index is -0.201. The molecule has 0 radical (unpaired) electrons. The van der Waals surface area contributed by atoms with Gasteiger partial charge in [-0.25, -0.2) is 0 Å². The summed E-state index contributed by atoms with van der Waals surface area (Å²) in [4.78, 5) is 22.9. The van der Waals surface area contributed by atoms with Crippen molar-refractivity contribution >= 4 is 34.6 Å². The molecule has 4 aromatic rings. The van der Waals surface area contributed by atoms with Crippen LogP contribution < -0.4 is 15.5 Å². The van der Waals surface area contributed by atoms with Gasteiger partial charge >= 0.3 is 0 Å². The second kappa shape index (κ2) is 11.1. The van der Waals surface area contributed by atoms with Gasteiger partial charge in [-0.15, -0.1) is 0 Å². The molecule has 2 atom stereocenters. The van der Waals surface area contributed by atoms with Crippen LogP contribution >= 0.6 is 12.2 Å². The summed E-state index contributed by atoms with van der Waals surface area (Å²) in [5.74, 6) is -0.201. The van der Waals surface area contributed by atoms with Gasteiger partial charge in [0, 0.05) is 55.0 Å². The van der Waals surface area contributed by atoms with Gasteiger partial charge in [0.2, 0.25) is 5.91 Å². The summed E-state index contributed by atoms with van der Waals surface area (Å²) in [6.45, 7) is 5.06. The predicted molar refractivity (Wildman–Crippen MR) is 152 cm³/mol. The van der Waals surface area contributed by atoms with E-state index in [2.05, 4.69) is 50.0 Å². The number of nitrogens with one attached hydrogen (secondary N) is 2. The molecular formula is C29H30N6O2S. The van der Waals surface area contributed by atoms with Crippen molar-refractivity contribution in [2.75, 3.05) is 23.9 Å². The van der Waals surface area contributed by atoms with Crippen LogP contribution in [0.3, 0.4) is 0 Å². The summed E-state index contributed by atoms with van der Waals surface area (Å²) in [6, 6.07) is 19.7. The minimum absolute atomic E-state index is 0.00478. The van der Waals surface area contributed by atoms with Gasteiger partial charge in [-0.2, -0.15) is 0 Å². The zero-order valence-electron chi connectivity index (χ0n) is 21.6. The first-order valence-corrected chi connectivity index (χ1v) is 12.8. The first-order valence-electron chi connectivity index (χ1n) is 12.4. The Balaban J connectivity index is 1.54. The lowest BCUT2D eigenvalue weighted by atomic mass is 9.96. The van der Waals surface area contributed by atoms with Crippen LogP contribution in [-0.2, 0) is 16.1 Å². The van der Waals surface area contributed by atoms with Gasteiger partial charge in [0.1, 0.15) is 6.61 Å². The van der Waals surface area contributed by atoms with Gasteiger partial charge < -0.3 is 24.8 Å². The molecule has 8 nitrogen and oxygen atoms in total. The SMILES string of the molecule is COCC(=O)Nc1ccc(N2C(=S)N[C@H](c3ccccn3)[C@H]2c2cc(C)n(Cc3ccncc3)c2C)cc1. The number of rotatable bonds is 8. The molecule has 2 N–H and O–H groups in total. The highest BCUT2D eigenvalue weighted by Gasteiger charge is 2.42.